The Bertz CT molecular complexity index is 278. The molecule has 0 aliphatic rings. The molecule has 0 unspecified atom stereocenters. The minimum absolute atomic E-state index is 0.518. The van der Waals surface area contributed by atoms with E-state index in [0.29, 0.717) is 31.5 Å². The normalized spacial score (nSPS) is 10.3. The fourth-order valence-corrected chi connectivity index (χ4v) is 1.20. The van der Waals surface area contributed by atoms with Gasteiger partial charge in [0.05, 0.1) is 19.8 Å². The summed E-state index contributed by atoms with van der Waals surface area (Å²) in [5, 5.41) is 0.674. The molecule has 0 N–H and O–H groups in total. The molecule has 15 heavy (non-hydrogen) atoms. The zero-order valence-corrected chi connectivity index (χ0v) is 9.50. The van der Waals surface area contributed by atoms with Crippen molar-refractivity contribution in [1.29, 1.82) is 0 Å². The molecule has 0 aliphatic heterocycles. The van der Waals surface area contributed by atoms with Gasteiger partial charge in [-0.05, 0) is 18.2 Å². The maximum Gasteiger partial charge on any atom is 0.120 e. The predicted octanol–water partition coefficient (Wildman–Crippen LogP) is 2.38. The molecule has 1 aromatic carbocycles. The van der Waals surface area contributed by atoms with Crippen LogP contribution in [0.4, 0.5) is 0 Å². The van der Waals surface area contributed by atoms with E-state index in [1.165, 1.54) is 0 Å². The fraction of sp³-hybridized carbons (Fsp3) is 0.455. The van der Waals surface area contributed by atoms with Crippen molar-refractivity contribution in [1.82, 2.24) is 0 Å². The number of hydrogen-bond donors (Lipinski definition) is 0. The zero-order chi connectivity index (χ0) is 10.9. The first-order valence-electron chi connectivity index (χ1n) is 4.78. The lowest BCUT2D eigenvalue weighted by Crippen LogP contribution is -2.09. The molecular formula is C11H15ClO3. The van der Waals surface area contributed by atoms with Gasteiger partial charge in [0.15, 0.2) is 0 Å². The Kier molecular flexibility index (Phi) is 6.16. The van der Waals surface area contributed by atoms with Gasteiger partial charge in [0.1, 0.15) is 12.4 Å². The summed E-state index contributed by atoms with van der Waals surface area (Å²) in [6.45, 7) is 2.27. The van der Waals surface area contributed by atoms with Crippen LogP contribution in [-0.4, -0.2) is 33.5 Å². The molecule has 0 aliphatic carbocycles. The summed E-state index contributed by atoms with van der Waals surface area (Å²) in [6.07, 6.45) is 0. The average Bonchev–Trinajstić information content (AvgIpc) is 2.23. The molecular weight excluding hydrogens is 216 g/mol. The van der Waals surface area contributed by atoms with Crippen molar-refractivity contribution in [2.24, 2.45) is 0 Å². The van der Waals surface area contributed by atoms with E-state index >= 15 is 0 Å². The van der Waals surface area contributed by atoms with Crippen LogP contribution in [-0.2, 0) is 9.47 Å². The van der Waals surface area contributed by atoms with Crippen molar-refractivity contribution in [3.8, 4) is 5.75 Å². The molecule has 4 heteroatoms. The van der Waals surface area contributed by atoms with E-state index in [1.807, 2.05) is 18.2 Å². The molecule has 0 saturated heterocycles. The largest absolute Gasteiger partial charge is 0.491 e. The Labute approximate surface area is 94.9 Å². The minimum Gasteiger partial charge on any atom is -0.491 e. The maximum absolute atomic E-state index is 5.80. The molecule has 0 bridgehead atoms. The monoisotopic (exact) mass is 230 g/mol. The van der Waals surface area contributed by atoms with Gasteiger partial charge in [-0.15, -0.1) is 0 Å². The standard InChI is InChI=1S/C11H15ClO3/c1-13-5-6-14-7-8-15-11-4-2-3-10(12)9-11/h2-4,9H,5-8H2,1H3. The molecule has 0 spiro atoms. The van der Waals surface area contributed by atoms with Crippen LogP contribution in [0.2, 0.25) is 5.02 Å². The van der Waals surface area contributed by atoms with Crippen LogP contribution in [0, 0.1) is 0 Å². The second kappa shape index (κ2) is 7.51. The second-order valence-corrected chi connectivity index (χ2v) is 3.35. The van der Waals surface area contributed by atoms with Crippen LogP contribution >= 0.6 is 11.6 Å². The number of methoxy groups -OCH3 is 1. The number of benzene rings is 1. The van der Waals surface area contributed by atoms with Crippen LogP contribution < -0.4 is 4.74 Å². The molecule has 0 aromatic heterocycles. The lowest BCUT2D eigenvalue weighted by Gasteiger charge is -2.06. The highest BCUT2D eigenvalue weighted by Crippen LogP contribution is 2.16. The predicted molar refractivity (Wildman–Crippen MR) is 59.6 cm³/mol. The first-order chi connectivity index (χ1) is 7.33. The Hall–Kier alpha value is -0.770. The Balaban J connectivity index is 2.10. The summed E-state index contributed by atoms with van der Waals surface area (Å²) in [5.74, 6) is 0.762. The van der Waals surface area contributed by atoms with Crippen molar-refractivity contribution in [3.05, 3.63) is 29.3 Å². The quantitative estimate of drug-likeness (QED) is 0.674. The SMILES string of the molecule is COCCOCCOc1cccc(Cl)c1. The molecule has 1 rings (SSSR count). The second-order valence-electron chi connectivity index (χ2n) is 2.91. The highest BCUT2D eigenvalue weighted by molar-refractivity contribution is 6.30. The Morgan fingerprint density at radius 2 is 1.93 bits per heavy atom. The summed E-state index contributed by atoms with van der Waals surface area (Å²) in [7, 11) is 1.64. The van der Waals surface area contributed by atoms with Crippen molar-refractivity contribution in [2.75, 3.05) is 33.5 Å². The van der Waals surface area contributed by atoms with Gasteiger partial charge in [0, 0.05) is 12.1 Å². The van der Waals surface area contributed by atoms with E-state index in [9.17, 15) is 0 Å². The maximum atomic E-state index is 5.80. The average molecular weight is 231 g/mol. The van der Waals surface area contributed by atoms with E-state index in [2.05, 4.69) is 0 Å². The van der Waals surface area contributed by atoms with Gasteiger partial charge in [-0.3, -0.25) is 0 Å². The van der Waals surface area contributed by atoms with Crippen LogP contribution in [0.1, 0.15) is 0 Å². The number of halogens is 1. The van der Waals surface area contributed by atoms with Gasteiger partial charge in [0.25, 0.3) is 0 Å². The molecule has 0 amide bonds. The smallest absolute Gasteiger partial charge is 0.120 e. The summed E-state index contributed by atoms with van der Waals surface area (Å²) < 4.78 is 15.5. The number of rotatable bonds is 7. The van der Waals surface area contributed by atoms with E-state index < -0.39 is 0 Å². The molecule has 0 saturated carbocycles. The van der Waals surface area contributed by atoms with Gasteiger partial charge < -0.3 is 14.2 Å². The minimum atomic E-state index is 0.518. The summed E-state index contributed by atoms with van der Waals surface area (Å²) in [4.78, 5) is 0. The summed E-state index contributed by atoms with van der Waals surface area (Å²) in [6, 6.07) is 7.30. The molecule has 0 atom stereocenters. The third kappa shape index (κ3) is 5.62. The lowest BCUT2D eigenvalue weighted by molar-refractivity contribution is 0.0544. The van der Waals surface area contributed by atoms with Gasteiger partial charge in [-0.2, -0.15) is 0 Å². The third-order valence-electron chi connectivity index (χ3n) is 1.72. The van der Waals surface area contributed by atoms with Gasteiger partial charge in [-0.25, -0.2) is 0 Å². The summed E-state index contributed by atoms with van der Waals surface area (Å²) >= 11 is 5.80. The highest BCUT2D eigenvalue weighted by atomic mass is 35.5. The first kappa shape index (κ1) is 12.3. The van der Waals surface area contributed by atoms with Crippen molar-refractivity contribution in [3.63, 3.8) is 0 Å². The topological polar surface area (TPSA) is 27.7 Å². The molecule has 0 fully saturated rings. The highest BCUT2D eigenvalue weighted by Gasteiger charge is 1.94. The zero-order valence-electron chi connectivity index (χ0n) is 8.74. The van der Waals surface area contributed by atoms with Gasteiger partial charge in [0.2, 0.25) is 0 Å². The molecule has 1 aromatic rings. The fourth-order valence-electron chi connectivity index (χ4n) is 1.02. The van der Waals surface area contributed by atoms with E-state index in [1.54, 1.807) is 13.2 Å². The van der Waals surface area contributed by atoms with Crippen molar-refractivity contribution >= 4 is 11.6 Å². The first-order valence-corrected chi connectivity index (χ1v) is 5.16. The van der Waals surface area contributed by atoms with Gasteiger partial charge >= 0.3 is 0 Å². The summed E-state index contributed by atoms with van der Waals surface area (Å²) in [5.41, 5.74) is 0. The Morgan fingerprint density at radius 1 is 1.13 bits per heavy atom. The van der Waals surface area contributed by atoms with E-state index in [4.69, 9.17) is 25.8 Å². The molecule has 3 nitrogen and oxygen atoms in total. The van der Waals surface area contributed by atoms with Crippen LogP contribution in [0.25, 0.3) is 0 Å². The molecule has 0 heterocycles. The van der Waals surface area contributed by atoms with Crippen LogP contribution in [0.15, 0.2) is 24.3 Å². The number of hydrogen-bond acceptors (Lipinski definition) is 3. The molecule has 0 radical (unpaired) electrons. The van der Waals surface area contributed by atoms with Crippen LogP contribution in [0.3, 0.4) is 0 Å². The lowest BCUT2D eigenvalue weighted by atomic mass is 10.3. The Morgan fingerprint density at radius 3 is 2.67 bits per heavy atom. The van der Waals surface area contributed by atoms with E-state index in [-0.39, 0.29) is 0 Å². The van der Waals surface area contributed by atoms with E-state index in [0.717, 1.165) is 5.75 Å². The van der Waals surface area contributed by atoms with Gasteiger partial charge in [-0.1, -0.05) is 17.7 Å². The van der Waals surface area contributed by atoms with Crippen LogP contribution in [0.5, 0.6) is 5.75 Å². The molecule has 84 valence electrons. The third-order valence-corrected chi connectivity index (χ3v) is 1.96. The number of ether oxygens (including phenoxy) is 3. The van der Waals surface area contributed by atoms with Crippen molar-refractivity contribution in [2.45, 2.75) is 0 Å². The van der Waals surface area contributed by atoms with Crippen molar-refractivity contribution < 1.29 is 14.2 Å².